The van der Waals surface area contributed by atoms with Gasteiger partial charge in [0, 0.05) is 0 Å². The number of aryl methyl sites for hydroxylation is 1. The summed E-state index contributed by atoms with van der Waals surface area (Å²) < 4.78 is 0. The van der Waals surface area contributed by atoms with Crippen LogP contribution in [-0.4, -0.2) is 0 Å². The molecule has 0 bridgehead atoms. The summed E-state index contributed by atoms with van der Waals surface area (Å²) in [4.78, 5) is 0. The summed E-state index contributed by atoms with van der Waals surface area (Å²) in [6.45, 7) is 16.5. The fraction of sp³-hybridized carbons (Fsp3) is 0.119. The van der Waals surface area contributed by atoms with Gasteiger partial charge in [-0.3, -0.25) is 0 Å². The number of benzene rings is 7. The van der Waals surface area contributed by atoms with Crippen molar-refractivity contribution in [1.82, 2.24) is 0 Å². The molecule has 0 aliphatic rings. The lowest BCUT2D eigenvalue weighted by molar-refractivity contribution is 1.24. The molecule has 0 aliphatic carbocycles. The van der Waals surface area contributed by atoms with Crippen LogP contribution in [0.1, 0.15) is 57.7 Å². The molecule has 0 unspecified atom stereocenters. The molecule has 7 rings (SSSR count). The van der Waals surface area contributed by atoms with Crippen LogP contribution in [0.4, 0.5) is 0 Å². The van der Waals surface area contributed by atoms with Crippen molar-refractivity contribution in [2.75, 3.05) is 0 Å². The Morgan fingerprint density at radius 1 is 0.475 bits per heavy atom. The molecule has 59 heavy (non-hydrogen) atoms. The molecule has 0 N–H and O–H groups in total. The van der Waals surface area contributed by atoms with Crippen LogP contribution in [0.3, 0.4) is 0 Å². The Morgan fingerprint density at radius 3 is 1.49 bits per heavy atom. The van der Waals surface area contributed by atoms with Gasteiger partial charge < -0.3 is 0 Å². The van der Waals surface area contributed by atoms with Crippen molar-refractivity contribution in [3.63, 3.8) is 0 Å². The minimum Gasteiger partial charge on any atom is -0.0991 e. The molecule has 0 heterocycles. The Balaban J connectivity index is 0.00000288. The minimum atomic E-state index is 0.948. The monoisotopic (exact) mass is 764 g/mol. The van der Waals surface area contributed by atoms with E-state index < -0.39 is 0 Å². The summed E-state index contributed by atoms with van der Waals surface area (Å²) in [5.74, 6) is 0. The third-order valence-electron chi connectivity index (χ3n) is 10.7. The summed E-state index contributed by atoms with van der Waals surface area (Å²) in [5, 5.41) is 0. The van der Waals surface area contributed by atoms with Crippen LogP contribution < -0.4 is 0 Å². The van der Waals surface area contributed by atoms with Crippen molar-refractivity contribution in [2.24, 2.45) is 0 Å². The fourth-order valence-corrected chi connectivity index (χ4v) is 7.63. The molecule has 0 atom stereocenters. The first-order valence-electron chi connectivity index (χ1n) is 21.0. The average Bonchev–Trinajstić information content (AvgIpc) is 3.30. The van der Waals surface area contributed by atoms with Crippen LogP contribution in [0.15, 0.2) is 213 Å². The van der Waals surface area contributed by atoms with Gasteiger partial charge in [0.15, 0.2) is 0 Å². The summed E-state index contributed by atoms with van der Waals surface area (Å²) in [6.07, 6.45) is 15.5. The Labute approximate surface area is 354 Å². The van der Waals surface area contributed by atoms with Crippen molar-refractivity contribution in [3.8, 4) is 66.8 Å². The summed E-state index contributed by atoms with van der Waals surface area (Å²) >= 11 is 0. The molecule has 0 amide bonds. The largest absolute Gasteiger partial charge is 0.0991 e. The Kier molecular flexibility index (Phi) is 14.6. The number of allylic oxidation sites excluding steroid dienone is 9. The molecule has 292 valence electrons. The third kappa shape index (κ3) is 10.0. The van der Waals surface area contributed by atoms with Gasteiger partial charge in [-0.05, 0) is 158 Å². The molecule has 0 aromatic heterocycles. The Hall–Kier alpha value is -6.76. The third-order valence-corrected chi connectivity index (χ3v) is 10.7. The predicted molar refractivity (Wildman–Crippen MR) is 261 cm³/mol. The second-order valence-corrected chi connectivity index (χ2v) is 14.4. The van der Waals surface area contributed by atoms with Gasteiger partial charge in [-0.2, -0.15) is 0 Å². The van der Waals surface area contributed by atoms with Gasteiger partial charge in [0.25, 0.3) is 0 Å². The van der Waals surface area contributed by atoms with Crippen LogP contribution in [0.5, 0.6) is 0 Å². The maximum Gasteiger partial charge on any atom is -0.0103 e. The standard InChI is InChI=1S/C57H50.C2H6/c1-6-10-20-42(8-3)52-38-53(43(9-4)21-11-7-2)40-54(39-52)51-27-18-26-50(37-51)49-25-17-24-48(36-49)47-23-16-22-46(35-47)44-31-33-45(34-32-44)56-29-14-15-30-57(56)55-28-13-12-19-41(55)5;1-2/h6-8,10-40H,1,9H2,2-5H3;1-2H3/b11-7-,20-10-,42-8+,43-21+;. The van der Waals surface area contributed by atoms with Gasteiger partial charge in [0.05, 0.1) is 0 Å². The number of rotatable bonds is 12. The first kappa shape index (κ1) is 41.9. The van der Waals surface area contributed by atoms with E-state index in [4.69, 9.17) is 0 Å². The SMILES string of the molecule is C=C/C=C\C(=C/C)c1cc(/C(=C/C=C\C)CC)cc(-c2cccc(-c3cccc(-c4cccc(-c5ccc(-c6ccccc6-c6ccccc6C)cc5)c4)c3)c2)c1.CC. The molecule has 0 heteroatoms. The van der Waals surface area contributed by atoms with E-state index in [1.165, 1.54) is 94.6 Å². The van der Waals surface area contributed by atoms with Gasteiger partial charge in [-0.25, -0.2) is 0 Å². The van der Waals surface area contributed by atoms with Crippen molar-refractivity contribution < 1.29 is 0 Å². The van der Waals surface area contributed by atoms with Gasteiger partial charge >= 0.3 is 0 Å². The first-order chi connectivity index (χ1) is 29.0. The Bertz CT molecular complexity index is 2640. The molecule has 0 fully saturated rings. The highest BCUT2D eigenvalue weighted by atomic mass is 14.2. The lowest BCUT2D eigenvalue weighted by Gasteiger charge is -2.14. The van der Waals surface area contributed by atoms with E-state index in [2.05, 4.69) is 228 Å². The van der Waals surface area contributed by atoms with Crippen LogP contribution in [-0.2, 0) is 0 Å². The molecule has 0 spiro atoms. The summed E-state index contributed by atoms with van der Waals surface area (Å²) in [7, 11) is 0. The smallest absolute Gasteiger partial charge is 0.0103 e. The lowest BCUT2D eigenvalue weighted by atomic mass is 9.90. The van der Waals surface area contributed by atoms with Crippen molar-refractivity contribution in [2.45, 2.75) is 48.0 Å². The highest BCUT2D eigenvalue weighted by Crippen LogP contribution is 2.37. The molecular formula is C59H56. The quantitative estimate of drug-likeness (QED) is 0.109. The number of hydrogen-bond donors (Lipinski definition) is 0. The van der Waals surface area contributed by atoms with E-state index in [0.29, 0.717) is 0 Å². The van der Waals surface area contributed by atoms with Crippen LogP contribution >= 0.6 is 0 Å². The zero-order valence-electron chi connectivity index (χ0n) is 35.5. The van der Waals surface area contributed by atoms with Gasteiger partial charge in [0.2, 0.25) is 0 Å². The molecule has 0 saturated carbocycles. The summed E-state index contributed by atoms with van der Waals surface area (Å²) in [6, 6.07) is 60.1. The lowest BCUT2D eigenvalue weighted by Crippen LogP contribution is -1.91. The van der Waals surface area contributed by atoms with Crippen molar-refractivity contribution in [1.29, 1.82) is 0 Å². The molecule has 7 aromatic carbocycles. The predicted octanol–water partition coefficient (Wildman–Crippen LogP) is 17.5. The van der Waals surface area contributed by atoms with Gasteiger partial charge in [0.1, 0.15) is 0 Å². The first-order valence-corrected chi connectivity index (χ1v) is 21.0. The zero-order valence-corrected chi connectivity index (χ0v) is 35.5. The van der Waals surface area contributed by atoms with E-state index in [-0.39, 0.29) is 0 Å². The van der Waals surface area contributed by atoms with E-state index >= 15 is 0 Å². The summed E-state index contributed by atoms with van der Waals surface area (Å²) in [5.41, 5.74) is 20.8. The normalized spacial score (nSPS) is 11.8. The second kappa shape index (κ2) is 20.6. The van der Waals surface area contributed by atoms with Crippen LogP contribution in [0.25, 0.3) is 77.9 Å². The maximum absolute atomic E-state index is 3.89. The van der Waals surface area contributed by atoms with E-state index in [1.54, 1.807) is 0 Å². The van der Waals surface area contributed by atoms with Crippen LogP contribution in [0, 0.1) is 6.92 Å². The molecule has 0 saturated heterocycles. The van der Waals surface area contributed by atoms with Crippen molar-refractivity contribution in [3.05, 3.63) is 230 Å². The maximum atomic E-state index is 3.89. The van der Waals surface area contributed by atoms with Gasteiger partial charge in [-0.15, -0.1) is 0 Å². The fourth-order valence-electron chi connectivity index (χ4n) is 7.63. The van der Waals surface area contributed by atoms with Crippen molar-refractivity contribution >= 4 is 11.1 Å². The molecule has 0 aliphatic heterocycles. The average molecular weight is 765 g/mol. The molecule has 7 aromatic rings. The second-order valence-electron chi connectivity index (χ2n) is 14.4. The molecule has 0 radical (unpaired) electrons. The van der Waals surface area contributed by atoms with E-state index in [1.807, 2.05) is 26.0 Å². The molecular weight excluding hydrogens is 709 g/mol. The highest BCUT2D eigenvalue weighted by molar-refractivity contribution is 5.87. The Morgan fingerprint density at radius 2 is 0.966 bits per heavy atom. The zero-order chi connectivity index (χ0) is 41.6. The van der Waals surface area contributed by atoms with Gasteiger partial charge in [-0.1, -0.05) is 197 Å². The minimum absolute atomic E-state index is 0.948. The molecule has 0 nitrogen and oxygen atoms in total. The van der Waals surface area contributed by atoms with E-state index in [0.717, 1.165) is 6.42 Å². The van der Waals surface area contributed by atoms with Crippen LogP contribution in [0.2, 0.25) is 0 Å². The topological polar surface area (TPSA) is 0 Å². The van der Waals surface area contributed by atoms with E-state index in [9.17, 15) is 0 Å². The number of hydrogen-bond acceptors (Lipinski definition) is 0. The highest BCUT2D eigenvalue weighted by Gasteiger charge is 2.12.